The lowest BCUT2D eigenvalue weighted by Gasteiger charge is -2.30. The van der Waals surface area contributed by atoms with Gasteiger partial charge in [0.25, 0.3) is 5.69 Å². The summed E-state index contributed by atoms with van der Waals surface area (Å²) >= 11 is 0. The van der Waals surface area contributed by atoms with Crippen LogP contribution < -0.4 is 0 Å². The van der Waals surface area contributed by atoms with Gasteiger partial charge in [0.15, 0.2) is 0 Å². The van der Waals surface area contributed by atoms with E-state index in [-0.39, 0.29) is 30.1 Å². The molecule has 0 N–H and O–H groups in total. The van der Waals surface area contributed by atoms with Crippen LogP contribution in [0.15, 0.2) is 83.5 Å². The molecule has 1 aromatic heterocycles. The fraction of sp³-hybridized carbons (Fsp3) is 0.286. The van der Waals surface area contributed by atoms with Gasteiger partial charge < -0.3 is 14.2 Å². The molecule has 3 aromatic rings. The Bertz CT molecular complexity index is 1160. The van der Waals surface area contributed by atoms with Gasteiger partial charge >= 0.3 is 0 Å². The molecule has 1 unspecified atom stereocenters. The largest absolute Gasteiger partial charge is 0.467 e. The van der Waals surface area contributed by atoms with E-state index in [0.717, 1.165) is 5.56 Å². The van der Waals surface area contributed by atoms with Gasteiger partial charge in [-0.05, 0) is 61.2 Å². The Morgan fingerprint density at radius 2 is 1.78 bits per heavy atom. The topological polar surface area (TPSA) is 96.9 Å². The van der Waals surface area contributed by atoms with Crippen molar-refractivity contribution in [3.8, 4) is 0 Å². The summed E-state index contributed by atoms with van der Waals surface area (Å²) in [6.07, 6.45) is 5.95. The highest BCUT2D eigenvalue weighted by Gasteiger charge is 2.24. The SMILES string of the molecule is CCC(C)N(CC(=O)N(CCc1ccccc1)Cc1ccco1)C(=O)/C=C/c1ccc([N+](=O)[O-])cc1. The number of rotatable bonds is 12. The van der Waals surface area contributed by atoms with Crippen LogP contribution in [0, 0.1) is 10.1 Å². The van der Waals surface area contributed by atoms with Crippen LogP contribution in [0.3, 0.4) is 0 Å². The number of nitro groups is 1. The molecule has 188 valence electrons. The quantitative estimate of drug-likeness (QED) is 0.200. The zero-order chi connectivity index (χ0) is 25.9. The fourth-order valence-corrected chi connectivity index (χ4v) is 3.68. The van der Waals surface area contributed by atoms with Gasteiger partial charge in [-0.1, -0.05) is 37.3 Å². The Kier molecular flexibility index (Phi) is 9.56. The third kappa shape index (κ3) is 7.66. The summed E-state index contributed by atoms with van der Waals surface area (Å²) in [6.45, 7) is 4.62. The van der Waals surface area contributed by atoms with E-state index in [1.807, 2.05) is 50.2 Å². The first kappa shape index (κ1) is 26.4. The smallest absolute Gasteiger partial charge is 0.269 e. The van der Waals surface area contributed by atoms with Crippen LogP contribution in [-0.4, -0.2) is 45.7 Å². The summed E-state index contributed by atoms with van der Waals surface area (Å²) in [6, 6.07) is 19.3. The number of furan rings is 1. The van der Waals surface area contributed by atoms with Crippen LogP contribution in [0.1, 0.15) is 37.2 Å². The van der Waals surface area contributed by atoms with Crippen LogP contribution in [0.2, 0.25) is 0 Å². The lowest BCUT2D eigenvalue weighted by Crippen LogP contribution is -2.46. The summed E-state index contributed by atoms with van der Waals surface area (Å²) in [4.78, 5) is 40.1. The summed E-state index contributed by atoms with van der Waals surface area (Å²) in [5.41, 5.74) is 1.76. The molecule has 0 fully saturated rings. The maximum absolute atomic E-state index is 13.4. The highest BCUT2D eigenvalue weighted by atomic mass is 16.6. The maximum atomic E-state index is 13.4. The molecule has 0 saturated heterocycles. The molecular formula is C28H31N3O5. The third-order valence-electron chi connectivity index (χ3n) is 6.03. The summed E-state index contributed by atoms with van der Waals surface area (Å²) in [5, 5.41) is 10.8. The van der Waals surface area contributed by atoms with E-state index in [9.17, 15) is 19.7 Å². The van der Waals surface area contributed by atoms with Gasteiger partial charge in [0.05, 0.1) is 17.7 Å². The Labute approximate surface area is 211 Å². The molecule has 2 aromatic carbocycles. The molecule has 1 atom stereocenters. The molecule has 0 bridgehead atoms. The van der Waals surface area contributed by atoms with Gasteiger partial charge in [0.1, 0.15) is 12.3 Å². The summed E-state index contributed by atoms with van der Waals surface area (Å²) in [5.74, 6) is 0.215. The second-order valence-electron chi connectivity index (χ2n) is 8.54. The highest BCUT2D eigenvalue weighted by molar-refractivity contribution is 5.94. The normalized spacial score (nSPS) is 11.8. The average Bonchev–Trinajstić information content (AvgIpc) is 3.41. The Balaban J connectivity index is 1.72. The number of carbonyl (C=O) groups is 2. The molecule has 0 aliphatic heterocycles. The molecule has 8 heteroatoms. The van der Waals surface area contributed by atoms with E-state index in [1.54, 1.807) is 40.3 Å². The molecule has 2 amide bonds. The minimum atomic E-state index is -0.471. The van der Waals surface area contributed by atoms with Crippen molar-refractivity contribution in [3.63, 3.8) is 0 Å². The number of non-ortho nitro benzene ring substituents is 1. The van der Waals surface area contributed by atoms with E-state index in [0.29, 0.717) is 37.3 Å². The second-order valence-corrected chi connectivity index (χ2v) is 8.54. The minimum absolute atomic E-state index is 0.0162. The van der Waals surface area contributed by atoms with Gasteiger partial charge in [-0.25, -0.2) is 0 Å². The second kappa shape index (κ2) is 13.0. The van der Waals surface area contributed by atoms with Crippen LogP contribution in [0.25, 0.3) is 6.08 Å². The number of carbonyl (C=O) groups excluding carboxylic acids is 2. The van der Waals surface area contributed by atoms with E-state index < -0.39 is 4.92 Å². The Hall–Kier alpha value is -4.20. The molecule has 0 aliphatic carbocycles. The highest BCUT2D eigenvalue weighted by Crippen LogP contribution is 2.15. The molecule has 0 saturated carbocycles. The number of amides is 2. The monoisotopic (exact) mass is 489 g/mol. The molecule has 0 aliphatic rings. The van der Waals surface area contributed by atoms with Crippen LogP contribution in [-0.2, 0) is 22.6 Å². The zero-order valence-corrected chi connectivity index (χ0v) is 20.6. The van der Waals surface area contributed by atoms with Crippen molar-refractivity contribution in [1.29, 1.82) is 0 Å². The molecule has 3 rings (SSSR count). The van der Waals surface area contributed by atoms with E-state index in [4.69, 9.17) is 4.42 Å². The van der Waals surface area contributed by atoms with Gasteiger partial charge in [0.2, 0.25) is 11.8 Å². The fourth-order valence-electron chi connectivity index (χ4n) is 3.68. The summed E-state index contributed by atoms with van der Waals surface area (Å²) in [7, 11) is 0. The first-order valence-electron chi connectivity index (χ1n) is 11.9. The van der Waals surface area contributed by atoms with Crippen molar-refractivity contribution in [2.75, 3.05) is 13.1 Å². The lowest BCUT2D eigenvalue weighted by molar-refractivity contribution is -0.384. The number of nitro benzene ring substituents is 1. The van der Waals surface area contributed by atoms with Crippen molar-refractivity contribution < 1.29 is 18.9 Å². The minimum Gasteiger partial charge on any atom is -0.467 e. The number of hydrogen-bond donors (Lipinski definition) is 0. The first-order valence-corrected chi connectivity index (χ1v) is 11.9. The maximum Gasteiger partial charge on any atom is 0.269 e. The van der Waals surface area contributed by atoms with Crippen molar-refractivity contribution in [2.45, 2.75) is 39.3 Å². The molecule has 8 nitrogen and oxygen atoms in total. The lowest BCUT2D eigenvalue weighted by atomic mass is 10.1. The van der Waals surface area contributed by atoms with Crippen molar-refractivity contribution in [1.82, 2.24) is 9.80 Å². The Morgan fingerprint density at radius 1 is 1.06 bits per heavy atom. The van der Waals surface area contributed by atoms with Gasteiger partial charge in [-0.3, -0.25) is 19.7 Å². The predicted octanol–water partition coefficient (Wildman–Crippen LogP) is 5.10. The first-order chi connectivity index (χ1) is 17.4. The van der Waals surface area contributed by atoms with Crippen LogP contribution in [0.4, 0.5) is 5.69 Å². The van der Waals surface area contributed by atoms with Crippen molar-refractivity contribution >= 4 is 23.6 Å². The standard InChI is InChI=1S/C28H31N3O5/c1-3-22(2)30(27(32)16-13-24-11-14-25(15-12-24)31(34)35)21-28(33)29(20-26-10-7-19-36-26)18-17-23-8-5-4-6-9-23/h4-16,19,22H,3,17-18,20-21H2,1-2H3/b16-13+. The summed E-state index contributed by atoms with van der Waals surface area (Å²) < 4.78 is 5.47. The van der Waals surface area contributed by atoms with E-state index >= 15 is 0 Å². The van der Waals surface area contributed by atoms with E-state index in [1.165, 1.54) is 18.2 Å². The molecule has 0 radical (unpaired) electrons. The Morgan fingerprint density at radius 3 is 2.39 bits per heavy atom. The van der Waals surface area contributed by atoms with Crippen molar-refractivity contribution in [2.24, 2.45) is 0 Å². The number of benzene rings is 2. The van der Waals surface area contributed by atoms with Gasteiger partial charge in [-0.2, -0.15) is 0 Å². The molecule has 0 spiro atoms. The van der Waals surface area contributed by atoms with Gasteiger partial charge in [0, 0.05) is 30.8 Å². The predicted molar refractivity (Wildman–Crippen MR) is 138 cm³/mol. The number of nitrogens with zero attached hydrogens (tertiary/aromatic N) is 3. The third-order valence-corrected chi connectivity index (χ3v) is 6.03. The van der Waals surface area contributed by atoms with Gasteiger partial charge in [-0.15, -0.1) is 0 Å². The molecule has 1 heterocycles. The zero-order valence-electron chi connectivity index (χ0n) is 20.6. The number of hydrogen-bond acceptors (Lipinski definition) is 5. The molecular weight excluding hydrogens is 458 g/mol. The van der Waals surface area contributed by atoms with Crippen molar-refractivity contribution in [3.05, 3.63) is 106 Å². The van der Waals surface area contributed by atoms with E-state index in [2.05, 4.69) is 0 Å². The van der Waals surface area contributed by atoms with Crippen LogP contribution in [0.5, 0.6) is 0 Å². The average molecular weight is 490 g/mol. The van der Waals surface area contributed by atoms with Crippen LogP contribution >= 0.6 is 0 Å². The molecule has 36 heavy (non-hydrogen) atoms.